The monoisotopic (exact) mass is 438 g/mol. The van der Waals surface area contributed by atoms with Crippen LogP contribution in [-0.2, 0) is 16.2 Å². The maximum atomic E-state index is 12.6. The molecule has 3 N–H and O–H groups in total. The average molecular weight is 438 g/mol. The smallest absolute Gasteiger partial charge is 0.367 e. The highest BCUT2D eigenvalue weighted by atomic mass is 32.2. The van der Waals surface area contributed by atoms with Crippen molar-refractivity contribution in [3.8, 4) is 0 Å². The lowest BCUT2D eigenvalue weighted by atomic mass is 10.2. The van der Waals surface area contributed by atoms with Gasteiger partial charge in [-0.05, 0) is 48.5 Å². The van der Waals surface area contributed by atoms with E-state index in [1.807, 2.05) is 6.07 Å². The van der Waals surface area contributed by atoms with E-state index in [2.05, 4.69) is 30.5 Å². The van der Waals surface area contributed by atoms with E-state index in [9.17, 15) is 21.6 Å². The first kappa shape index (κ1) is 21.5. The Labute approximate surface area is 170 Å². The highest BCUT2D eigenvalue weighted by Crippen LogP contribution is 2.29. The maximum absolute atomic E-state index is 12.6. The number of benzene rings is 1. The second-order valence-electron chi connectivity index (χ2n) is 5.99. The third-order valence-electron chi connectivity index (χ3n) is 3.80. The molecular weight excluding hydrogens is 421 g/mol. The molecule has 158 valence electrons. The number of nitrogens with one attached hydrogen (secondary N) is 3. The predicted molar refractivity (Wildman–Crippen MR) is 105 cm³/mol. The molecule has 3 aromatic rings. The molecule has 1 aromatic carbocycles. The van der Waals surface area contributed by atoms with Crippen molar-refractivity contribution in [1.82, 2.24) is 19.9 Å². The minimum Gasteiger partial charge on any atom is -0.367 e. The lowest BCUT2D eigenvalue weighted by Crippen LogP contribution is -2.29. The lowest BCUT2D eigenvalue weighted by molar-refractivity contribution is -0.137. The second kappa shape index (κ2) is 9.05. The quantitative estimate of drug-likeness (QED) is 0.464. The van der Waals surface area contributed by atoms with Gasteiger partial charge in [-0.25, -0.2) is 18.1 Å². The fourth-order valence-corrected chi connectivity index (χ4v) is 3.38. The number of sulfonamides is 1. The molecule has 0 unspecified atom stereocenters. The van der Waals surface area contributed by atoms with Crippen LogP contribution < -0.4 is 15.4 Å². The Balaban J connectivity index is 1.48. The van der Waals surface area contributed by atoms with Gasteiger partial charge in [-0.1, -0.05) is 6.07 Å². The Kier molecular flexibility index (Phi) is 6.47. The summed E-state index contributed by atoms with van der Waals surface area (Å²) < 4.78 is 64.3. The van der Waals surface area contributed by atoms with Crippen molar-refractivity contribution in [2.24, 2.45) is 0 Å². The van der Waals surface area contributed by atoms with Crippen LogP contribution in [0.2, 0.25) is 0 Å². The first-order chi connectivity index (χ1) is 14.2. The molecule has 0 bridgehead atoms. The van der Waals surface area contributed by atoms with Gasteiger partial charge in [0.25, 0.3) is 0 Å². The Morgan fingerprint density at radius 3 is 2.13 bits per heavy atom. The van der Waals surface area contributed by atoms with Gasteiger partial charge in [0.1, 0.15) is 11.6 Å². The molecule has 0 radical (unpaired) electrons. The van der Waals surface area contributed by atoms with Gasteiger partial charge in [-0.3, -0.25) is 0 Å². The molecule has 0 fully saturated rings. The second-order valence-corrected chi connectivity index (χ2v) is 7.76. The van der Waals surface area contributed by atoms with Crippen molar-refractivity contribution in [1.29, 1.82) is 0 Å². The molecule has 2 heterocycles. The van der Waals surface area contributed by atoms with Crippen LogP contribution in [0.15, 0.2) is 65.7 Å². The molecule has 0 atom stereocenters. The van der Waals surface area contributed by atoms with Gasteiger partial charge in [0.15, 0.2) is 5.82 Å². The van der Waals surface area contributed by atoms with Crippen LogP contribution in [0.25, 0.3) is 0 Å². The van der Waals surface area contributed by atoms with Gasteiger partial charge in [0, 0.05) is 19.3 Å². The molecule has 0 aliphatic rings. The Bertz CT molecular complexity index is 1060. The van der Waals surface area contributed by atoms with Gasteiger partial charge in [0.2, 0.25) is 10.0 Å². The average Bonchev–Trinajstić information content (AvgIpc) is 2.73. The SMILES string of the molecule is O=S(=O)(NCCNc1ccc(Nc2ccccn2)nn1)c1ccc(C(F)(F)F)cc1. The number of pyridine rings is 1. The summed E-state index contributed by atoms with van der Waals surface area (Å²) in [7, 11) is -3.93. The van der Waals surface area contributed by atoms with Gasteiger partial charge in [-0.15, -0.1) is 10.2 Å². The summed E-state index contributed by atoms with van der Waals surface area (Å²) in [4.78, 5) is 3.86. The minimum absolute atomic E-state index is 0.00102. The van der Waals surface area contributed by atoms with Crippen molar-refractivity contribution in [3.63, 3.8) is 0 Å². The molecule has 2 aromatic heterocycles. The highest BCUT2D eigenvalue weighted by molar-refractivity contribution is 7.89. The summed E-state index contributed by atoms with van der Waals surface area (Å²) in [5.74, 6) is 1.53. The fraction of sp³-hybridized carbons (Fsp3) is 0.167. The van der Waals surface area contributed by atoms with Crippen LogP contribution >= 0.6 is 0 Å². The molecule has 0 spiro atoms. The summed E-state index contributed by atoms with van der Waals surface area (Å²) in [6.07, 6.45) is -2.89. The summed E-state index contributed by atoms with van der Waals surface area (Å²) in [5.41, 5.74) is -0.914. The molecule has 3 rings (SSSR count). The third kappa shape index (κ3) is 5.87. The third-order valence-corrected chi connectivity index (χ3v) is 5.28. The van der Waals surface area contributed by atoms with Crippen LogP contribution in [0.5, 0.6) is 0 Å². The predicted octanol–water partition coefficient (Wildman–Crippen LogP) is 3.02. The highest BCUT2D eigenvalue weighted by Gasteiger charge is 2.30. The molecule has 8 nitrogen and oxygen atoms in total. The zero-order valence-corrected chi connectivity index (χ0v) is 16.2. The van der Waals surface area contributed by atoms with E-state index in [-0.39, 0.29) is 18.0 Å². The number of hydrogen-bond acceptors (Lipinski definition) is 7. The van der Waals surface area contributed by atoms with Crippen molar-refractivity contribution in [3.05, 3.63) is 66.4 Å². The molecular formula is C18H17F3N6O2S. The molecule has 0 amide bonds. The van der Waals surface area contributed by atoms with Crippen molar-refractivity contribution < 1.29 is 21.6 Å². The van der Waals surface area contributed by atoms with Gasteiger partial charge >= 0.3 is 6.18 Å². The number of halogens is 3. The zero-order valence-electron chi connectivity index (χ0n) is 15.4. The van der Waals surface area contributed by atoms with Gasteiger partial charge in [-0.2, -0.15) is 13.2 Å². The molecule has 0 aliphatic heterocycles. The van der Waals surface area contributed by atoms with Crippen LogP contribution in [0.4, 0.5) is 30.6 Å². The van der Waals surface area contributed by atoms with Gasteiger partial charge in [0.05, 0.1) is 10.5 Å². The molecule has 0 aliphatic carbocycles. The van der Waals surface area contributed by atoms with Crippen LogP contribution in [-0.4, -0.2) is 36.7 Å². The number of anilines is 3. The number of rotatable bonds is 8. The van der Waals surface area contributed by atoms with Crippen LogP contribution in [0, 0.1) is 0 Å². The standard InChI is InChI=1S/C18H17F3N6O2S/c19-18(20,21)13-4-6-14(7-5-13)30(28,29)24-12-11-23-16-8-9-17(27-26-16)25-15-3-1-2-10-22-15/h1-10,24H,11-12H2,(H,23,26)(H,22,25,27). The molecule has 0 saturated heterocycles. The van der Waals surface area contributed by atoms with E-state index in [0.717, 1.165) is 24.3 Å². The number of nitrogens with zero attached hydrogens (tertiary/aromatic N) is 3. The first-order valence-electron chi connectivity index (χ1n) is 8.67. The Hall–Kier alpha value is -3.25. The first-order valence-corrected chi connectivity index (χ1v) is 10.1. The van der Waals surface area contributed by atoms with E-state index in [4.69, 9.17) is 0 Å². The molecule has 12 heteroatoms. The maximum Gasteiger partial charge on any atom is 0.416 e. The largest absolute Gasteiger partial charge is 0.416 e. The number of aromatic nitrogens is 3. The number of alkyl halides is 3. The van der Waals surface area contributed by atoms with Gasteiger partial charge < -0.3 is 10.6 Å². The summed E-state index contributed by atoms with van der Waals surface area (Å²) in [5, 5.41) is 13.8. The minimum atomic E-state index is -4.52. The zero-order chi connectivity index (χ0) is 21.6. The van der Waals surface area contributed by atoms with E-state index >= 15 is 0 Å². The summed E-state index contributed by atoms with van der Waals surface area (Å²) >= 11 is 0. The Morgan fingerprint density at radius 1 is 0.833 bits per heavy atom. The topological polar surface area (TPSA) is 109 Å². The van der Waals surface area contributed by atoms with Crippen molar-refractivity contribution in [2.45, 2.75) is 11.1 Å². The van der Waals surface area contributed by atoms with Crippen molar-refractivity contribution in [2.75, 3.05) is 23.7 Å². The normalized spacial score (nSPS) is 11.8. The summed E-state index contributed by atoms with van der Waals surface area (Å²) in [6, 6.07) is 12.0. The van der Waals surface area contributed by atoms with E-state index in [1.165, 1.54) is 0 Å². The van der Waals surface area contributed by atoms with E-state index in [0.29, 0.717) is 17.5 Å². The summed E-state index contributed by atoms with van der Waals surface area (Å²) in [6.45, 7) is 0.195. The fourth-order valence-electron chi connectivity index (χ4n) is 2.34. The van der Waals surface area contributed by atoms with Crippen LogP contribution in [0.3, 0.4) is 0 Å². The molecule has 0 saturated carbocycles. The number of hydrogen-bond donors (Lipinski definition) is 3. The molecule has 30 heavy (non-hydrogen) atoms. The Morgan fingerprint density at radius 2 is 1.53 bits per heavy atom. The van der Waals surface area contributed by atoms with E-state index in [1.54, 1.807) is 30.5 Å². The van der Waals surface area contributed by atoms with Crippen molar-refractivity contribution >= 4 is 27.5 Å². The lowest BCUT2D eigenvalue weighted by Gasteiger charge is -2.10. The van der Waals surface area contributed by atoms with Crippen LogP contribution in [0.1, 0.15) is 5.56 Å². The van der Waals surface area contributed by atoms with E-state index < -0.39 is 21.8 Å².